The van der Waals surface area contributed by atoms with Crippen molar-refractivity contribution < 1.29 is 0 Å². The maximum atomic E-state index is 6.23. The first-order valence-electron chi connectivity index (χ1n) is 11.2. The van der Waals surface area contributed by atoms with Crippen molar-refractivity contribution in [2.24, 2.45) is 7.05 Å². The Hall–Kier alpha value is -4.18. The average molecular weight is 488 g/mol. The van der Waals surface area contributed by atoms with E-state index in [0.717, 1.165) is 55.3 Å². The molecular formula is C25H29N9S. The molecule has 2 aromatic carbocycles. The van der Waals surface area contributed by atoms with Crippen LogP contribution in [0.3, 0.4) is 0 Å². The number of hydrogen-bond donors (Lipinski definition) is 4. The Kier molecular flexibility index (Phi) is 5.73. The van der Waals surface area contributed by atoms with E-state index in [1.165, 1.54) is 11.5 Å². The van der Waals surface area contributed by atoms with Crippen molar-refractivity contribution in [3.63, 3.8) is 0 Å². The van der Waals surface area contributed by atoms with Crippen LogP contribution in [0.5, 0.6) is 0 Å². The van der Waals surface area contributed by atoms with Gasteiger partial charge >= 0.3 is 0 Å². The zero-order valence-corrected chi connectivity index (χ0v) is 21.2. The summed E-state index contributed by atoms with van der Waals surface area (Å²) in [7, 11) is 6.05. The highest BCUT2D eigenvalue weighted by atomic mass is 32.1. The van der Waals surface area contributed by atoms with Gasteiger partial charge in [-0.2, -0.15) is 0 Å². The highest BCUT2D eigenvalue weighted by molar-refractivity contribution is 7.10. The lowest BCUT2D eigenvalue weighted by Gasteiger charge is -2.18. The molecule has 5 aromatic rings. The zero-order valence-electron chi connectivity index (χ0n) is 20.4. The van der Waals surface area contributed by atoms with Gasteiger partial charge in [0.2, 0.25) is 0 Å². The number of fused-ring (bicyclic) bond motifs is 2. The van der Waals surface area contributed by atoms with Gasteiger partial charge in [-0.25, -0.2) is 5.21 Å². The second-order valence-electron chi connectivity index (χ2n) is 8.82. The topological polar surface area (TPSA) is 105 Å². The maximum Gasteiger partial charge on any atom is 0.131 e. The Balaban J connectivity index is 1.45. The first-order chi connectivity index (χ1) is 16.7. The third-order valence-electron chi connectivity index (χ3n) is 5.61. The van der Waals surface area contributed by atoms with Crippen LogP contribution in [-0.4, -0.2) is 38.1 Å². The van der Waals surface area contributed by atoms with Crippen molar-refractivity contribution >= 4 is 61.1 Å². The van der Waals surface area contributed by atoms with Crippen molar-refractivity contribution in [1.29, 1.82) is 0 Å². The van der Waals surface area contributed by atoms with Crippen LogP contribution in [0.4, 0.5) is 27.8 Å². The summed E-state index contributed by atoms with van der Waals surface area (Å²) in [5, 5.41) is 9.75. The molecule has 180 valence electrons. The fraction of sp³-hybridized carbons (Fsp3) is 0.200. The summed E-state index contributed by atoms with van der Waals surface area (Å²) in [4.78, 5) is 11.4. The summed E-state index contributed by atoms with van der Waals surface area (Å²) in [5.41, 5.74) is 17.1. The number of nitrogens with two attached hydrogens (primary N) is 1. The van der Waals surface area contributed by atoms with E-state index < -0.39 is 0 Å². The Bertz CT molecular complexity index is 1580. The van der Waals surface area contributed by atoms with Gasteiger partial charge < -0.3 is 16.0 Å². The van der Waals surface area contributed by atoms with Crippen LogP contribution in [0.1, 0.15) is 11.4 Å². The molecule has 0 bridgehead atoms. The number of nitrogen functional groups attached to an aromatic ring is 1. The molecule has 10 heteroatoms. The second kappa shape index (κ2) is 8.88. The number of hydrogen-bond acceptors (Lipinski definition) is 7. The molecule has 35 heavy (non-hydrogen) atoms. The molecule has 0 aliphatic carbocycles. The maximum absolute atomic E-state index is 6.23. The lowest BCUT2D eigenvalue weighted by molar-refractivity contribution is 0.621. The monoisotopic (exact) mass is 487 g/mol. The lowest BCUT2D eigenvalue weighted by atomic mass is 10.1. The minimum absolute atomic E-state index is 0.716. The summed E-state index contributed by atoms with van der Waals surface area (Å²) in [6.45, 7) is 3.97. The fourth-order valence-corrected chi connectivity index (χ4v) is 4.98. The Morgan fingerprint density at radius 2 is 1.57 bits per heavy atom. The molecule has 3 aromatic heterocycles. The largest absolute Gasteiger partial charge is 0.398 e. The molecule has 0 radical (unpaired) electrons. The van der Waals surface area contributed by atoms with E-state index in [2.05, 4.69) is 69.2 Å². The third kappa shape index (κ3) is 4.73. The van der Waals surface area contributed by atoms with Crippen LogP contribution in [0.15, 0.2) is 54.7 Å². The van der Waals surface area contributed by atoms with E-state index in [-0.39, 0.29) is 0 Å². The summed E-state index contributed by atoms with van der Waals surface area (Å²) < 4.78 is 3.71. The molecule has 0 unspecified atom stereocenters. The van der Waals surface area contributed by atoms with E-state index in [4.69, 9.17) is 5.73 Å². The van der Waals surface area contributed by atoms with Gasteiger partial charge in [-0.1, -0.05) is 0 Å². The summed E-state index contributed by atoms with van der Waals surface area (Å²) >= 11 is 1.50. The zero-order chi connectivity index (χ0) is 24.7. The van der Waals surface area contributed by atoms with E-state index >= 15 is 0 Å². The molecular weight excluding hydrogens is 458 g/mol. The van der Waals surface area contributed by atoms with Crippen molar-refractivity contribution in [2.75, 3.05) is 35.5 Å². The Morgan fingerprint density at radius 1 is 0.914 bits per heavy atom. The third-order valence-corrected chi connectivity index (χ3v) is 6.37. The van der Waals surface area contributed by atoms with Crippen molar-refractivity contribution in [3.05, 3.63) is 66.1 Å². The minimum Gasteiger partial charge on any atom is -0.398 e. The van der Waals surface area contributed by atoms with Crippen LogP contribution < -0.4 is 21.4 Å². The van der Waals surface area contributed by atoms with Gasteiger partial charge in [-0.15, -0.1) is 4.18 Å². The SMILES string of the molecule is Cc1cc(N)c2cc(Nn3[nH]n(C)cc(Nc4ccc5nc(C)cc(N(C)C)c5c4)s3)ccc2n1. The normalized spacial score (nSPS) is 11.1. The number of rotatable bonds is 5. The number of nitrogens with one attached hydrogen (secondary N) is 3. The van der Waals surface area contributed by atoms with Gasteiger partial charge in [0.15, 0.2) is 0 Å². The Morgan fingerprint density at radius 3 is 2.31 bits per heavy atom. The molecule has 5 N–H and O–H groups in total. The van der Waals surface area contributed by atoms with E-state index in [9.17, 15) is 0 Å². The number of nitrogens with zero attached hydrogens (tertiary/aromatic N) is 5. The first-order valence-corrected chi connectivity index (χ1v) is 12.0. The van der Waals surface area contributed by atoms with Crippen molar-refractivity contribution in [3.8, 4) is 0 Å². The molecule has 0 fully saturated rings. The van der Waals surface area contributed by atoms with E-state index in [1.54, 1.807) is 0 Å². The van der Waals surface area contributed by atoms with Gasteiger partial charge in [-0.05, 0) is 62.4 Å². The Labute approximate surface area is 207 Å². The average Bonchev–Trinajstić information content (AvgIpc) is 2.78. The smallest absolute Gasteiger partial charge is 0.131 e. The molecule has 0 aliphatic rings. The number of aromatic amines is 1. The van der Waals surface area contributed by atoms with Crippen LogP contribution in [0, 0.1) is 13.8 Å². The predicted octanol–water partition coefficient (Wildman–Crippen LogP) is 5.32. The van der Waals surface area contributed by atoms with Crippen LogP contribution in [0.2, 0.25) is 0 Å². The van der Waals surface area contributed by atoms with Crippen molar-refractivity contribution in [2.45, 2.75) is 13.8 Å². The van der Waals surface area contributed by atoms with Crippen LogP contribution >= 0.6 is 11.5 Å². The molecule has 0 aliphatic heterocycles. The van der Waals surface area contributed by atoms with Gasteiger partial charge in [0.25, 0.3) is 0 Å². The number of H-pyrrole nitrogens is 1. The molecule has 3 heterocycles. The molecule has 0 atom stereocenters. The lowest BCUT2D eigenvalue weighted by Crippen LogP contribution is -2.16. The summed E-state index contributed by atoms with van der Waals surface area (Å²) in [6.07, 6.45) is 2.00. The molecule has 9 nitrogen and oxygen atoms in total. The predicted molar refractivity (Wildman–Crippen MR) is 147 cm³/mol. The number of benzene rings is 2. The van der Waals surface area contributed by atoms with Gasteiger partial charge in [0, 0.05) is 71.9 Å². The van der Waals surface area contributed by atoms with E-state index in [1.807, 2.05) is 60.2 Å². The molecule has 0 saturated heterocycles. The molecule has 0 saturated carbocycles. The van der Waals surface area contributed by atoms with Crippen molar-refractivity contribution in [1.82, 2.24) is 24.0 Å². The van der Waals surface area contributed by atoms with Gasteiger partial charge in [0.1, 0.15) is 5.00 Å². The quantitative estimate of drug-likeness (QED) is 0.267. The second-order valence-corrected chi connectivity index (χ2v) is 9.81. The summed E-state index contributed by atoms with van der Waals surface area (Å²) in [5.74, 6) is 0. The van der Waals surface area contributed by atoms with Gasteiger partial charge in [0.05, 0.1) is 22.9 Å². The highest BCUT2D eigenvalue weighted by Gasteiger charge is 2.09. The highest BCUT2D eigenvalue weighted by Crippen LogP contribution is 2.30. The first kappa shape index (κ1) is 22.6. The number of anilines is 5. The molecule has 0 amide bonds. The summed E-state index contributed by atoms with van der Waals surface area (Å²) in [6, 6.07) is 16.2. The molecule has 5 rings (SSSR count). The number of aromatic nitrogens is 5. The van der Waals surface area contributed by atoms with Gasteiger partial charge in [-0.3, -0.25) is 20.1 Å². The minimum atomic E-state index is 0.716. The number of pyridine rings is 2. The molecule has 0 spiro atoms. The fourth-order valence-electron chi connectivity index (χ4n) is 4.10. The van der Waals surface area contributed by atoms with E-state index in [0.29, 0.717) is 5.69 Å². The standard InChI is InChI=1S/C25H29N9S/c1-15-10-21(26)19-13-18(7-9-22(19)27-15)30-34-31-33(5)14-25(35-34)29-17-6-8-23-20(12-17)24(32(3)4)11-16(2)28-23/h6-14,29-31H,1-5H3,(H2,26,27). The van der Waals surface area contributed by atoms with Crippen LogP contribution in [0.25, 0.3) is 21.8 Å². The van der Waals surface area contributed by atoms with Crippen LogP contribution in [-0.2, 0) is 7.05 Å². The number of aryl methyl sites for hydroxylation is 3.